The van der Waals surface area contributed by atoms with Crippen LogP contribution in [-0.2, 0) is 11.3 Å². The summed E-state index contributed by atoms with van der Waals surface area (Å²) < 4.78 is 10.8. The van der Waals surface area contributed by atoms with Crippen molar-refractivity contribution in [3.05, 3.63) is 65.7 Å². The summed E-state index contributed by atoms with van der Waals surface area (Å²) >= 11 is 0. The lowest BCUT2D eigenvalue weighted by atomic mass is 9.89. The summed E-state index contributed by atoms with van der Waals surface area (Å²) in [5.41, 5.74) is 0.523. The van der Waals surface area contributed by atoms with E-state index in [9.17, 15) is 15.0 Å². The monoisotopic (exact) mass is 470 g/mol. The van der Waals surface area contributed by atoms with Gasteiger partial charge in [0, 0.05) is 26.2 Å². The molecule has 7 heteroatoms. The van der Waals surface area contributed by atoms with E-state index in [1.165, 1.54) is 0 Å². The molecular weight excluding hydrogens is 432 g/mol. The van der Waals surface area contributed by atoms with E-state index in [0.29, 0.717) is 39.0 Å². The van der Waals surface area contributed by atoms with E-state index in [-0.39, 0.29) is 18.7 Å². The molecule has 1 amide bonds. The Morgan fingerprint density at radius 1 is 1.09 bits per heavy atom. The first kappa shape index (κ1) is 26.0. The molecule has 1 aliphatic heterocycles. The second kappa shape index (κ2) is 11.2. The van der Waals surface area contributed by atoms with Gasteiger partial charge in [0.2, 0.25) is 0 Å². The van der Waals surface area contributed by atoms with Gasteiger partial charge in [0.25, 0.3) is 0 Å². The van der Waals surface area contributed by atoms with E-state index in [1.54, 1.807) is 12.0 Å². The Balaban J connectivity index is 1.76. The van der Waals surface area contributed by atoms with Crippen molar-refractivity contribution in [2.45, 2.75) is 57.4 Å². The lowest BCUT2D eigenvalue weighted by molar-refractivity contribution is -0.0624. The number of carbonyl (C=O) groups excluding carboxylic acids is 1. The summed E-state index contributed by atoms with van der Waals surface area (Å²) in [4.78, 5) is 16.2. The molecule has 0 aromatic heterocycles. The van der Waals surface area contributed by atoms with E-state index in [0.717, 1.165) is 16.9 Å². The molecule has 0 radical (unpaired) electrons. The van der Waals surface area contributed by atoms with Crippen LogP contribution in [0.15, 0.2) is 54.6 Å². The van der Waals surface area contributed by atoms with Gasteiger partial charge in [-0.25, -0.2) is 4.79 Å². The van der Waals surface area contributed by atoms with Crippen LogP contribution in [0.4, 0.5) is 4.79 Å². The van der Waals surface area contributed by atoms with Gasteiger partial charge in [0.15, 0.2) is 0 Å². The first-order valence-corrected chi connectivity index (χ1v) is 11.9. The van der Waals surface area contributed by atoms with Gasteiger partial charge in [-0.2, -0.15) is 0 Å². The van der Waals surface area contributed by atoms with Crippen molar-refractivity contribution in [1.29, 1.82) is 0 Å². The zero-order valence-corrected chi connectivity index (χ0v) is 20.7. The predicted molar refractivity (Wildman–Crippen MR) is 132 cm³/mol. The molecule has 34 heavy (non-hydrogen) atoms. The fraction of sp³-hybridized carbons (Fsp3) is 0.519. The fourth-order valence-electron chi connectivity index (χ4n) is 4.32. The Hall–Kier alpha value is -2.61. The number of hydrogen-bond acceptors (Lipinski definition) is 6. The van der Waals surface area contributed by atoms with Crippen LogP contribution in [0.3, 0.4) is 0 Å². The highest BCUT2D eigenvalue weighted by Gasteiger charge is 2.38. The van der Waals surface area contributed by atoms with Gasteiger partial charge in [-0.15, -0.1) is 0 Å². The Kier molecular flexibility index (Phi) is 8.57. The molecule has 1 heterocycles. The van der Waals surface area contributed by atoms with Crippen molar-refractivity contribution < 1.29 is 24.5 Å². The molecule has 0 saturated carbocycles. The van der Waals surface area contributed by atoms with Gasteiger partial charge >= 0.3 is 6.09 Å². The van der Waals surface area contributed by atoms with Crippen LogP contribution in [0, 0.1) is 0 Å². The Bertz CT molecular complexity index is 903. The molecule has 1 saturated heterocycles. The van der Waals surface area contributed by atoms with Crippen molar-refractivity contribution in [3.8, 4) is 5.75 Å². The number of aliphatic hydroxyl groups excluding tert-OH is 1. The lowest BCUT2D eigenvalue weighted by Crippen LogP contribution is -2.53. The van der Waals surface area contributed by atoms with E-state index in [4.69, 9.17) is 9.47 Å². The summed E-state index contributed by atoms with van der Waals surface area (Å²) in [6.07, 6.45) is 0.540. The predicted octanol–water partition coefficient (Wildman–Crippen LogP) is 3.99. The molecule has 1 fully saturated rings. The van der Waals surface area contributed by atoms with Crippen LogP contribution in [0.2, 0.25) is 0 Å². The number of amides is 1. The van der Waals surface area contributed by atoms with Gasteiger partial charge in [0.05, 0.1) is 25.4 Å². The largest absolute Gasteiger partial charge is 0.497 e. The molecule has 1 aliphatic rings. The number of methoxy groups -OCH3 is 1. The number of rotatable bonds is 8. The van der Waals surface area contributed by atoms with Crippen LogP contribution in [0.5, 0.6) is 5.75 Å². The highest BCUT2D eigenvalue weighted by Crippen LogP contribution is 2.30. The Labute approximate surface area is 202 Å². The molecule has 2 N–H and O–H groups in total. The molecule has 1 atom stereocenters. The van der Waals surface area contributed by atoms with Gasteiger partial charge in [0.1, 0.15) is 11.4 Å². The van der Waals surface area contributed by atoms with E-state index in [1.807, 2.05) is 75.4 Å². The minimum Gasteiger partial charge on any atom is -0.497 e. The summed E-state index contributed by atoms with van der Waals surface area (Å²) in [5.74, 6) is 0.783. The molecule has 1 unspecified atom stereocenters. The third-order valence-corrected chi connectivity index (χ3v) is 6.19. The number of benzene rings is 2. The third-order valence-electron chi connectivity index (χ3n) is 6.19. The van der Waals surface area contributed by atoms with Crippen molar-refractivity contribution in [2.24, 2.45) is 0 Å². The molecule has 0 aliphatic carbocycles. The maximum atomic E-state index is 12.4. The standard InChI is InChI=1S/C27H38N2O5/c1-26(2,3)34-25(31)28-16-14-27(32,15-17-28)20-29(18-21-10-12-23(33-4)13-11-21)24(19-30)22-8-6-5-7-9-22/h5-13,24,30,32H,14-20H2,1-4H3. The molecular formula is C27H38N2O5. The summed E-state index contributed by atoms with van der Waals surface area (Å²) in [7, 11) is 1.64. The average molecular weight is 471 g/mol. The smallest absolute Gasteiger partial charge is 0.410 e. The maximum absolute atomic E-state index is 12.4. The SMILES string of the molecule is COc1ccc(CN(CC2(O)CCN(C(=O)OC(C)(C)C)CC2)C(CO)c2ccccc2)cc1. The van der Waals surface area contributed by atoms with Crippen molar-refractivity contribution in [2.75, 3.05) is 33.4 Å². The van der Waals surface area contributed by atoms with Crippen molar-refractivity contribution in [3.63, 3.8) is 0 Å². The third kappa shape index (κ3) is 7.19. The van der Waals surface area contributed by atoms with Crippen molar-refractivity contribution >= 4 is 6.09 Å². The Morgan fingerprint density at radius 3 is 2.24 bits per heavy atom. The van der Waals surface area contributed by atoms with Crippen LogP contribution >= 0.6 is 0 Å². The van der Waals surface area contributed by atoms with Gasteiger partial charge in [-0.05, 0) is 56.9 Å². The zero-order chi connectivity index (χ0) is 24.8. The van der Waals surface area contributed by atoms with E-state index in [2.05, 4.69) is 4.90 Å². The molecule has 2 aromatic carbocycles. The highest BCUT2D eigenvalue weighted by molar-refractivity contribution is 5.68. The van der Waals surface area contributed by atoms with Gasteiger partial charge < -0.3 is 24.6 Å². The molecule has 2 aromatic rings. The number of nitrogens with zero attached hydrogens (tertiary/aromatic N) is 2. The number of likely N-dealkylation sites (tertiary alicyclic amines) is 1. The summed E-state index contributed by atoms with van der Waals surface area (Å²) in [6, 6.07) is 17.4. The van der Waals surface area contributed by atoms with Crippen LogP contribution in [0.1, 0.15) is 50.8 Å². The molecule has 186 valence electrons. The first-order valence-electron chi connectivity index (χ1n) is 11.9. The number of carbonyl (C=O) groups is 1. The number of piperidine rings is 1. The topological polar surface area (TPSA) is 82.5 Å². The quantitative estimate of drug-likeness (QED) is 0.607. The highest BCUT2D eigenvalue weighted by atomic mass is 16.6. The summed E-state index contributed by atoms with van der Waals surface area (Å²) in [6.45, 7) is 7.26. The summed E-state index contributed by atoms with van der Waals surface area (Å²) in [5, 5.41) is 21.8. The number of aliphatic hydroxyl groups is 2. The van der Waals surface area contributed by atoms with Gasteiger partial charge in [-0.1, -0.05) is 42.5 Å². The second-order valence-corrected chi connectivity index (χ2v) is 10.1. The van der Waals surface area contributed by atoms with Crippen LogP contribution < -0.4 is 4.74 Å². The van der Waals surface area contributed by atoms with E-state index >= 15 is 0 Å². The number of hydrogen-bond donors (Lipinski definition) is 2. The Morgan fingerprint density at radius 2 is 1.71 bits per heavy atom. The minimum atomic E-state index is -0.979. The number of ether oxygens (including phenoxy) is 2. The molecule has 3 rings (SSSR count). The molecule has 7 nitrogen and oxygen atoms in total. The van der Waals surface area contributed by atoms with Gasteiger partial charge in [-0.3, -0.25) is 4.90 Å². The minimum absolute atomic E-state index is 0.0692. The normalized spacial score (nSPS) is 16.9. The average Bonchev–Trinajstić information content (AvgIpc) is 2.80. The first-order chi connectivity index (χ1) is 16.1. The fourth-order valence-corrected chi connectivity index (χ4v) is 4.32. The molecule has 0 spiro atoms. The van der Waals surface area contributed by atoms with Crippen molar-refractivity contribution in [1.82, 2.24) is 9.80 Å². The second-order valence-electron chi connectivity index (χ2n) is 10.1. The molecule has 0 bridgehead atoms. The van der Waals surface area contributed by atoms with E-state index < -0.39 is 11.2 Å². The van der Waals surface area contributed by atoms with Crippen LogP contribution in [-0.4, -0.2) is 70.7 Å². The lowest BCUT2D eigenvalue weighted by Gasteiger charge is -2.43. The van der Waals surface area contributed by atoms with Crippen LogP contribution in [0.25, 0.3) is 0 Å². The zero-order valence-electron chi connectivity index (χ0n) is 20.7. The maximum Gasteiger partial charge on any atom is 0.410 e.